The molecule has 1 unspecified atom stereocenters. The Labute approximate surface area is 174 Å². The number of amides is 1. The van der Waals surface area contributed by atoms with E-state index in [0.29, 0.717) is 18.8 Å². The van der Waals surface area contributed by atoms with Gasteiger partial charge in [0.15, 0.2) is 6.10 Å². The Kier molecular flexibility index (Phi) is 5.78. The van der Waals surface area contributed by atoms with Crippen molar-refractivity contribution in [3.63, 3.8) is 0 Å². The molecule has 0 radical (unpaired) electrons. The number of ether oxygens (including phenoxy) is 2. The van der Waals surface area contributed by atoms with E-state index in [1.165, 1.54) is 6.33 Å². The lowest BCUT2D eigenvalue weighted by molar-refractivity contribution is -0.138. The molecule has 1 fully saturated rings. The SMILES string of the molecule is COc1ccc(N2CCN(C(=O)C(C)Oc3ccc(-n4cnnn4)cc3)CC2)cc1. The van der Waals surface area contributed by atoms with Gasteiger partial charge in [0.05, 0.1) is 12.8 Å². The molecule has 4 rings (SSSR count). The van der Waals surface area contributed by atoms with Crippen LogP contribution in [-0.4, -0.2) is 70.4 Å². The summed E-state index contributed by atoms with van der Waals surface area (Å²) in [6.45, 7) is 4.68. The monoisotopic (exact) mass is 408 g/mol. The van der Waals surface area contributed by atoms with Gasteiger partial charge in [0.1, 0.15) is 17.8 Å². The summed E-state index contributed by atoms with van der Waals surface area (Å²) in [5.41, 5.74) is 1.95. The van der Waals surface area contributed by atoms with E-state index in [-0.39, 0.29) is 5.91 Å². The second-order valence-corrected chi connectivity index (χ2v) is 7.02. The van der Waals surface area contributed by atoms with Gasteiger partial charge >= 0.3 is 0 Å². The summed E-state index contributed by atoms with van der Waals surface area (Å²) in [5.74, 6) is 1.46. The Morgan fingerprint density at radius 1 is 0.933 bits per heavy atom. The van der Waals surface area contributed by atoms with Crippen LogP contribution in [0.4, 0.5) is 5.69 Å². The molecule has 0 spiro atoms. The predicted molar refractivity (Wildman–Crippen MR) is 111 cm³/mol. The van der Waals surface area contributed by atoms with Crippen molar-refractivity contribution >= 4 is 11.6 Å². The molecule has 9 nitrogen and oxygen atoms in total. The largest absolute Gasteiger partial charge is 0.497 e. The highest BCUT2D eigenvalue weighted by Gasteiger charge is 2.26. The lowest BCUT2D eigenvalue weighted by atomic mass is 10.2. The fourth-order valence-electron chi connectivity index (χ4n) is 3.45. The van der Waals surface area contributed by atoms with Crippen molar-refractivity contribution in [1.29, 1.82) is 0 Å². The van der Waals surface area contributed by atoms with Crippen molar-refractivity contribution in [2.45, 2.75) is 13.0 Å². The van der Waals surface area contributed by atoms with Gasteiger partial charge in [-0.15, -0.1) is 5.10 Å². The summed E-state index contributed by atoms with van der Waals surface area (Å²) in [7, 11) is 1.66. The maximum Gasteiger partial charge on any atom is 0.263 e. The van der Waals surface area contributed by atoms with Gasteiger partial charge in [-0.25, -0.2) is 4.68 Å². The Bertz CT molecular complexity index is 951. The lowest BCUT2D eigenvalue weighted by Crippen LogP contribution is -2.52. The van der Waals surface area contributed by atoms with Gasteiger partial charge in [-0.2, -0.15) is 0 Å². The zero-order valence-corrected chi connectivity index (χ0v) is 17.0. The van der Waals surface area contributed by atoms with Gasteiger partial charge in [-0.05, 0) is 65.9 Å². The van der Waals surface area contributed by atoms with E-state index in [2.05, 4.69) is 20.4 Å². The maximum absolute atomic E-state index is 12.8. The number of tetrazole rings is 1. The number of rotatable bonds is 6. The Morgan fingerprint density at radius 2 is 1.57 bits per heavy atom. The van der Waals surface area contributed by atoms with Crippen LogP contribution in [-0.2, 0) is 4.79 Å². The number of benzene rings is 2. The number of aromatic nitrogens is 4. The van der Waals surface area contributed by atoms with E-state index in [0.717, 1.165) is 30.2 Å². The summed E-state index contributed by atoms with van der Waals surface area (Å²) in [6, 6.07) is 15.3. The topological polar surface area (TPSA) is 85.6 Å². The van der Waals surface area contributed by atoms with Gasteiger partial charge in [0.25, 0.3) is 5.91 Å². The molecule has 1 aliphatic rings. The average molecular weight is 408 g/mol. The first-order valence-electron chi connectivity index (χ1n) is 9.82. The molecule has 3 aromatic rings. The number of piperazine rings is 1. The van der Waals surface area contributed by atoms with Crippen molar-refractivity contribution in [3.8, 4) is 17.2 Å². The highest BCUT2D eigenvalue weighted by atomic mass is 16.5. The minimum atomic E-state index is -0.559. The smallest absolute Gasteiger partial charge is 0.263 e. The van der Waals surface area contributed by atoms with Crippen LogP contribution in [0.2, 0.25) is 0 Å². The first-order valence-corrected chi connectivity index (χ1v) is 9.82. The van der Waals surface area contributed by atoms with Gasteiger partial charge in [-0.1, -0.05) is 0 Å². The molecule has 1 amide bonds. The first kappa shape index (κ1) is 19.7. The minimum Gasteiger partial charge on any atom is -0.497 e. The molecule has 1 aliphatic heterocycles. The van der Waals surface area contributed by atoms with Crippen LogP contribution in [0, 0.1) is 0 Å². The number of carbonyl (C=O) groups excluding carboxylic acids is 1. The molecule has 0 N–H and O–H groups in total. The Hall–Kier alpha value is -3.62. The number of anilines is 1. The Balaban J connectivity index is 1.30. The fraction of sp³-hybridized carbons (Fsp3) is 0.333. The molecule has 1 atom stereocenters. The van der Waals surface area contributed by atoms with E-state index in [9.17, 15) is 4.79 Å². The molecular weight excluding hydrogens is 384 g/mol. The summed E-state index contributed by atoms with van der Waals surface area (Å²) >= 11 is 0. The lowest BCUT2D eigenvalue weighted by Gasteiger charge is -2.37. The van der Waals surface area contributed by atoms with Crippen molar-refractivity contribution in [2.75, 3.05) is 38.2 Å². The summed E-state index contributed by atoms with van der Waals surface area (Å²) in [6.07, 6.45) is 0.963. The average Bonchev–Trinajstić information content (AvgIpc) is 3.34. The van der Waals surface area contributed by atoms with Gasteiger partial charge < -0.3 is 19.3 Å². The second kappa shape index (κ2) is 8.81. The van der Waals surface area contributed by atoms with Crippen molar-refractivity contribution in [3.05, 3.63) is 54.9 Å². The molecule has 0 aliphatic carbocycles. The standard InChI is InChI=1S/C21H24N6O3/c1-16(30-20-9-5-18(6-10-20)27-15-22-23-24-27)21(28)26-13-11-25(12-14-26)17-3-7-19(29-2)8-4-17/h3-10,15-16H,11-14H2,1-2H3. The van der Waals surface area contributed by atoms with Crippen LogP contribution in [0.1, 0.15) is 6.92 Å². The number of hydrogen-bond acceptors (Lipinski definition) is 7. The second-order valence-electron chi connectivity index (χ2n) is 7.02. The predicted octanol–water partition coefficient (Wildman–Crippen LogP) is 1.79. The highest BCUT2D eigenvalue weighted by Crippen LogP contribution is 2.21. The van der Waals surface area contributed by atoms with Crippen molar-refractivity contribution < 1.29 is 14.3 Å². The third kappa shape index (κ3) is 4.35. The molecule has 2 aromatic carbocycles. The minimum absolute atomic E-state index is 0.00562. The number of hydrogen-bond donors (Lipinski definition) is 0. The van der Waals surface area contributed by atoms with Crippen LogP contribution in [0.25, 0.3) is 5.69 Å². The van der Waals surface area contributed by atoms with Crippen LogP contribution < -0.4 is 14.4 Å². The fourth-order valence-corrected chi connectivity index (χ4v) is 3.45. The molecular formula is C21H24N6O3. The molecule has 9 heteroatoms. The number of carbonyl (C=O) groups is 1. The van der Waals surface area contributed by atoms with Gasteiger partial charge in [-0.3, -0.25) is 4.79 Å². The van der Waals surface area contributed by atoms with Crippen molar-refractivity contribution in [2.24, 2.45) is 0 Å². The molecule has 156 valence electrons. The van der Waals surface area contributed by atoms with Gasteiger partial charge in [0, 0.05) is 31.9 Å². The summed E-state index contributed by atoms with van der Waals surface area (Å²) < 4.78 is 12.6. The van der Waals surface area contributed by atoms with E-state index < -0.39 is 6.10 Å². The normalized spacial score (nSPS) is 15.0. The zero-order valence-electron chi connectivity index (χ0n) is 17.0. The number of methoxy groups -OCH3 is 1. The van der Waals surface area contributed by atoms with E-state index in [1.54, 1.807) is 18.7 Å². The summed E-state index contributed by atoms with van der Waals surface area (Å²) in [4.78, 5) is 16.9. The van der Waals surface area contributed by atoms with Crippen LogP contribution in [0.3, 0.4) is 0 Å². The van der Waals surface area contributed by atoms with Crippen LogP contribution in [0.15, 0.2) is 54.9 Å². The highest BCUT2D eigenvalue weighted by molar-refractivity contribution is 5.81. The molecule has 1 aromatic heterocycles. The molecule has 30 heavy (non-hydrogen) atoms. The van der Waals surface area contributed by atoms with Gasteiger partial charge in [0.2, 0.25) is 0 Å². The maximum atomic E-state index is 12.8. The van der Waals surface area contributed by atoms with Crippen molar-refractivity contribution in [1.82, 2.24) is 25.1 Å². The summed E-state index contributed by atoms with van der Waals surface area (Å²) in [5, 5.41) is 11.1. The first-order chi connectivity index (χ1) is 14.6. The van der Waals surface area contributed by atoms with Crippen LogP contribution >= 0.6 is 0 Å². The van der Waals surface area contributed by atoms with Crippen LogP contribution in [0.5, 0.6) is 11.5 Å². The quantitative estimate of drug-likeness (QED) is 0.615. The molecule has 0 saturated carbocycles. The molecule has 0 bridgehead atoms. The van der Waals surface area contributed by atoms with E-state index in [4.69, 9.17) is 9.47 Å². The van der Waals surface area contributed by atoms with E-state index in [1.807, 2.05) is 53.4 Å². The molecule has 1 saturated heterocycles. The Morgan fingerprint density at radius 3 is 2.17 bits per heavy atom. The zero-order chi connectivity index (χ0) is 20.9. The van der Waals surface area contributed by atoms with E-state index >= 15 is 0 Å². The number of nitrogens with zero attached hydrogens (tertiary/aromatic N) is 6. The third-order valence-corrected chi connectivity index (χ3v) is 5.14. The third-order valence-electron chi connectivity index (χ3n) is 5.14. The molecule has 2 heterocycles.